The number of hydrogen-bond acceptors (Lipinski definition) is 4. The zero-order chi connectivity index (χ0) is 25.8. The van der Waals surface area contributed by atoms with E-state index in [0.29, 0.717) is 23.3 Å². The Hall–Kier alpha value is -4.26. The maximum Gasteiger partial charge on any atom is 0.328 e. The van der Waals surface area contributed by atoms with Crippen LogP contribution in [0.25, 0.3) is 33.1 Å². The first kappa shape index (κ1) is 24.4. The van der Waals surface area contributed by atoms with E-state index in [1.807, 2.05) is 47.4 Å². The van der Waals surface area contributed by atoms with Gasteiger partial charge in [0, 0.05) is 77.1 Å². The standard InChI is InChI=1S/C30H31N5O2/c1-3-5-6-15-34(14-4-2)30(37)35-16-12-23-24(10-7-11-27(23)35)28(36)26-20-33-29-25(26)17-22(19-32-29)21-9-8-13-31-18-21/h7-13,16-20H,3-6,14-15H2,1-2H3,(H,32,33). The molecule has 0 radical (unpaired) electrons. The van der Waals surface area contributed by atoms with Crippen LogP contribution in [0.4, 0.5) is 4.79 Å². The van der Waals surface area contributed by atoms with Gasteiger partial charge in [-0.1, -0.05) is 44.9 Å². The smallest absolute Gasteiger partial charge is 0.328 e. The predicted octanol–water partition coefficient (Wildman–Crippen LogP) is 6.68. The van der Waals surface area contributed by atoms with Crippen LogP contribution in [0.1, 0.15) is 55.5 Å². The van der Waals surface area contributed by atoms with E-state index >= 15 is 0 Å². The molecule has 7 nitrogen and oxygen atoms in total. The Balaban J connectivity index is 1.50. The Morgan fingerprint density at radius 2 is 1.81 bits per heavy atom. The molecule has 1 amide bonds. The quantitative estimate of drug-likeness (QED) is 0.183. The molecule has 0 fully saturated rings. The molecule has 0 aliphatic heterocycles. The Morgan fingerprint density at radius 1 is 0.919 bits per heavy atom. The fourth-order valence-electron chi connectivity index (χ4n) is 4.84. The van der Waals surface area contributed by atoms with Gasteiger partial charge in [0.2, 0.25) is 0 Å². The second-order valence-corrected chi connectivity index (χ2v) is 9.29. The van der Waals surface area contributed by atoms with Gasteiger partial charge in [0.05, 0.1) is 5.52 Å². The molecule has 0 aliphatic carbocycles. The second kappa shape index (κ2) is 10.8. The van der Waals surface area contributed by atoms with Crippen LogP contribution in [0.15, 0.2) is 73.4 Å². The number of pyridine rings is 2. The lowest BCUT2D eigenvalue weighted by atomic mass is 9.99. The molecule has 37 heavy (non-hydrogen) atoms. The van der Waals surface area contributed by atoms with E-state index in [2.05, 4.69) is 28.8 Å². The van der Waals surface area contributed by atoms with Crippen molar-refractivity contribution < 1.29 is 9.59 Å². The van der Waals surface area contributed by atoms with Gasteiger partial charge in [-0.2, -0.15) is 0 Å². The summed E-state index contributed by atoms with van der Waals surface area (Å²) < 4.78 is 1.67. The Bertz CT molecular complexity index is 1550. The number of aromatic nitrogens is 4. The predicted molar refractivity (Wildman–Crippen MR) is 147 cm³/mol. The topological polar surface area (TPSA) is 83.9 Å². The van der Waals surface area contributed by atoms with E-state index in [4.69, 9.17) is 0 Å². The highest BCUT2D eigenvalue weighted by Crippen LogP contribution is 2.28. The molecular weight excluding hydrogens is 462 g/mol. The van der Waals surface area contributed by atoms with Crippen LogP contribution in [0.2, 0.25) is 0 Å². The monoisotopic (exact) mass is 493 g/mol. The van der Waals surface area contributed by atoms with Crippen molar-refractivity contribution in [1.82, 2.24) is 24.4 Å². The molecular formula is C30H31N5O2. The van der Waals surface area contributed by atoms with Gasteiger partial charge in [-0.3, -0.25) is 14.3 Å². The molecule has 0 atom stereocenters. The number of H-pyrrole nitrogens is 1. The van der Waals surface area contributed by atoms with Gasteiger partial charge in [-0.15, -0.1) is 0 Å². The summed E-state index contributed by atoms with van der Waals surface area (Å²) in [5.74, 6) is -0.111. The van der Waals surface area contributed by atoms with Crippen molar-refractivity contribution in [3.05, 3.63) is 84.6 Å². The van der Waals surface area contributed by atoms with Crippen molar-refractivity contribution >= 4 is 33.8 Å². The molecule has 0 aliphatic rings. The van der Waals surface area contributed by atoms with Crippen molar-refractivity contribution in [2.45, 2.75) is 39.5 Å². The number of carbonyl (C=O) groups is 2. The lowest BCUT2D eigenvalue weighted by Crippen LogP contribution is -2.35. The number of nitrogens with zero attached hydrogens (tertiary/aromatic N) is 4. The molecule has 0 saturated carbocycles. The number of ketones is 1. The molecule has 4 aromatic heterocycles. The third kappa shape index (κ3) is 4.77. The number of rotatable bonds is 9. The third-order valence-electron chi connectivity index (χ3n) is 6.75. The highest BCUT2D eigenvalue weighted by atomic mass is 16.2. The lowest BCUT2D eigenvalue weighted by Gasteiger charge is -2.22. The minimum atomic E-state index is -0.111. The summed E-state index contributed by atoms with van der Waals surface area (Å²) in [7, 11) is 0. The average Bonchev–Trinajstić information content (AvgIpc) is 3.56. The van der Waals surface area contributed by atoms with Gasteiger partial charge in [0.15, 0.2) is 5.78 Å². The first-order valence-corrected chi connectivity index (χ1v) is 12.9. The van der Waals surface area contributed by atoms with Crippen LogP contribution in [0.5, 0.6) is 0 Å². The summed E-state index contributed by atoms with van der Waals surface area (Å²) in [5.41, 5.74) is 4.32. The number of unbranched alkanes of at least 4 members (excludes halogenated alkanes) is 2. The molecule has 0 bridgehead atoms. The van der Waals surface area contributed by atoms with Gasteiger partial charge < -0.3 is 9.88 Å². The highest BCUT2D eigenvalue weighted by Gasteiger charge is 2.21. The fourth-order valence-corrected chi connectivity index (χ4v) is 4.84. The highest BCUT2D eigenvalue weighted by molar-refractivity contribution is 6.21. The summed E-state index contributed by atoms with van der Waals surface area (Å²) >= 11 is 0. The van der Waals surface area contributed by atoms with Crippen molar-refractivity contribution in [3.63, 3.8) is 0 Å². The summed E-state index contributed by atoms with van der Waals surface area (Å²) in [6, 6.07) is 13.2. The van der Waals surface area contributed by atoms with E-state index in [1.54, 1.807) is 35.6 Å². The first-order chi connectivity index (χ1) is 18.1. The van der Waals surface area contributed by atoms with E-state index in [1.165, 1.54) is 0 Å². The fraction of sp³-hybridized carbons (Fsp3) is 0.267. The second-order valence-electron chi connectivity index (χ2n) is 9.29. The molecule has 188 valence electrons. The number of benzene rings is 1. The molecule has 7 heteroatoms. The van der Waals surface area contributed by atoms with Crippen LogP contribution in [-0.2, 0) is 0 Å². The number of hydrogen-bond donors (Lipinski definition) is 1. The molecule has 4 heterocycles. The Labute approximate surface area is 216 Å². The summed E-state index contributed by atoms with van der Waals surface area (Å²) in [6.07, 6.45) is 12.9. The van der Waals surface area contributed by atoms with Crippen LogP contribution in [0.3, 0.4) is 0 Å². The van der Waals surface area contributed by atoms with Crippen molar-refractivity contribution in [2.24, 2.45) is 0 Å². The Kier molecular flexibility index (Phi) is 7.12. The van der Waals surface area contributed by atoms with Crippen LogP contribution in [0, 0.1) is 0 Å². The van der Waals surface area contributed by atoms with Gasteiger partial charge in [-0.25, -0.2) is 9.78 Å². The number of aromatic amines is 1. The van der Waals surface area contributed by atoms with E-state index < -0.39 is 0 Å². The summed E-state index contributed by atoms with van der Waals surface area (Å²) in [4.78, 5) is 41.0. The number of carbonyl (C=O) groups excluding carboxylic acids is 2. The zero-order valence-corrected chi connectivity index (χ0v) is 21.3. The van der Waals surface area contributed by atoms with Crippen LogP contribution >= 0.6 is 0 Å². The first-order valence-electron chi connectivity index (χ1n) is 12.9. The van der Waals surface area contributed by atoms with Crippen molar-refractivity contribution in [3.8, 4) is 11.1 Å². The molecule has 1 aromatic carbocycles. The minimum Gasteiger partial charge on any atom is -0.345 e. The minimum absolute atomic E-state index is 0.0463. The molecule has 1 N–H and O–H groups in total. The normalized spacial score (nSPS) is 11.3. The van der Waals surface area contributed by atoms with Crippen LogP contribution in [-0.4, -0.2) is 49.3 Å². The lowest BCUT2D eigenvalue weighted by molar-refractivity contribution is 0.104. The molecule has 5 rings (SSSR count). The Morgan fingerprint density at radius 3 is 2.59 bits per heavy atom. The van der Waals surface area contributed by atoms with Crippen molar-refractivity contribution in [1.29, 1.82) is 0 Å². The average molecular weight is 494 g/mol. The maximum atomic E-state index is 13.8. The van der Waals surface area contributed by atoms with Gasteiger partial charge in [-0.05, 0) is 37.1 Å². The number of fused-ring (bicyclic) bond motifs is 2. The SMILES string of the molecule is CCCCCN(CCC)C(=O)n1ccc2c(C(=O)c3c[nH]c4ncc(-c5cccnc5)cc34)cccc21. The molecule has 0 saturated heterocycles. The third-order valence-corrected chi connectivity index (χ3v) is 6.75. The summed E-state index contributed by atoms with van der Waals surface area (Å²) in [6.45, 7) is 5.69. The van der Waals surface area contributed by atoms with Gasteiger partial charge in [0.25, 0.3) is 0 Å². The maximum absolute atomic E-state index is 13.8. The van der Waals surface area contributed by atoms with Crippen molar-refractivity contribution in [2.75, 3.05) is 13.1 Å². The molecule has 5 aromatic rings. The van der Waals surface area contributed by atoms with E-state index in [0.717, 1.165) is 59.6 Å². The number of nitrogens with one attached hydrogen (secondary N) is 1. The van der Waals surface area contributed by atoms with E-state index in [9.17, 15) is 9.59 Å². The number of amides is 1. The zero-order valence-electron chi connectivity index (χ0n) is 21.3. The molecule has 0 spiro atoms. The molecule has 0 unspecified atom stereocenters. The van der Waals surface area contributed by atoms with Gasteiger partial charge >= 0.3 is 6.03 Å². The summed E-state index contributed by atoms with van der Waals surface area (Å²) in [5, 5.41) is 1.51. The van der Waals surface area contributed by atoms with E-state index in [-0.39, 0.29) is 11.8 Å². The van der Waals surface area contributed by atoms with Crippen LogP contribution < -0.4 is 0 Å². The largest absolute Gasteiger partial charge is 0.345 e. The van der Waals surface area contributed by atoms with Gasteiger partial charge in [0.1, 0.15) is 5.65 Å².